The first-order valence-electron chi connectivity index (χ1n) is 3.75. The highest BCUT2D eigenvalue weighted by Crippen LogP contribution is 2.21. The van der Waals surface area contributed by atoms with E-state index in [4.69, 9.17) is 11.6 Å². The molecule has 0 amide bonds. The number of halogens is 1. The van der Waals surface area contributed by atoms with Crippen molar-refractivity contribution >= 4 is 23.5 Å². The summed E-state index contributed by atoms with van der Waals surface area (Å²) < 4.78 is 0. The van der Waals surface area contributed by atoms with E-state index in [1.165, 1.54) is 0 Å². The predicted octanol–water partition coefficient (Wildman–Crippen LogP) is 2.48. The highest BCUT2D eigenvalue weighted by Gasteiger charge is 2.09. The molecule has 0 saturated carbocycles. The van der Waals surface area contributed by atoms with Crippen LogP contribution >= 0.6 is 11.6 Å². The molecule has 0 aliphatic heterocycles. The molecule has 12 heavy (non-hydrogen) atoms. The summed E-state index contributed by atoms with van der Waals surface area (Å²) in [5.41, 5.74) is 2.12. The molecule has 0 fully saturated rings. The Kier molecular flexibility index (Phi) is 1.74. The number of allylic oxidation sites excluding steroid dienone is 1. The Morgan fingerprint density at radius 2 is 2.08 bits per heavy atom. The second-order valence-corrected chi connectivity index (χ2v) is 3.26. The van der Waals surface area contributed by atoms with Gasteiger partial charge in [0.15, 0.2) is 5.78 Å². The van der Waals surface area contributed by atoms with Crippen molar-refractivity contribution in [3.05, 3.63) is 40.4 Å². The minimum Gasteiger partial charge on any atom is -0.294 e. The SMILES string of the molecule is O=C1C=Cc2cc(Cl)ccc2C1. The lowest BCUT2D eigenvalue weighted by Gasteiger charge is -2.08. The topological polar surface area (TPSA) is 17.1 Å². The molecule has 0 saturated heterocycles. The number of carbonyl (C=O) groups is 1. The molecule has 0 spiro atoms. The number of hydrogen-bond acceptors (Lipinski definition) is 1. The fourth-order valence-electron chi connectivity index (χ4n) is 1.31. The van der Waals surface area contributed by atoms with Crippen LogP contribution in [0.5, 0.6) is 0 Å². The third kappa shape index (κ3) is 1.28. The Hall–Kier alpha value is -1.08. The van der Waals surface area contributed by atoms with E-state index in [2.05, 4.69) is 0 Å². The fourth-order valence-corrected chi connectivity index (χ4v) is 1.49. The van der Waals surface area contributed by atoms with E-state index in [0.717, 1.165) is 11.1 Å². The summed E-state index contributed by atoms with van der Waals surface area (Å²) in [4.78, 5) is 11.0. The summed E-state index contributed by atoms with van der Waals surface area (Å²) in [6, 6.07) is 5.59. The third-order valence-electron chi connectivity index (χ3n) is 1.92. The minimum absolute atomic E-state index is 0.157. The molecule has 0 heterocycles. The number of hydrogen-bond donors (Lipinski definition) is 0. The van der Waals surface area contributed by atoms with Crippen molar-refractivity contribution in [1.82, 2.24) is 0 Å². The Labute approximate surface area is 75.7 Å². The van der Waals surface area contributed by atoms with Gasteiger partial charge in [0.05, 0.1) is 0 Å². The molecule has 1 aliphatic carbocycles. The van der Waals surface area contributed by atoms with Crippen molar-refractivity contribution in [3.63, 3.8) is 0 Å². The number of ketones is 1. The Morgan fingerprint density at radius 1 is 1.25 bits per heavy atom. The van der Waals surface area contributed by atoms with E-state index < -0.39 is 0 Å². The van der Waals surface area contributed by atoms with E-state index in [1.54, 1.807) is 6.08 Å². The van der Waals surface area contributed by atoms with E-state index in [1.807, 2.05) is 24.3 Å². The predicted molar refractivity (Wildman–Crippen MR) is 49.2 cm³/mol. The molecule has 0 atom stereocenters. The minimum atomic E-state index is 0.157. The first kappa shape index (κ1) is 7.56. The quantitative estimate of drug-likeness (QED) is 0.597. The zero-order chi connectivity index (χ0) is 8.55. The number of carbonyl (C=O) groups excluding carboxylic acids is 1. The highest BCUT2D eigenvalue weighted by molar-refractivity contribution is 6.30. The molecule has 1 aromatic carbocycles. The molecule has 1 nitrogen and oxygen atoms in total. The van der Waals surface area contributed by atoms with Crippen molar-refractivity contribution in [1.29, 1.82) is 0 Å². The van der Waals surface area contributed by atoms with Gasteiger partial charge < -0.3 is 0 Å². The highest BCUT2D eigenvalue weighted by atomic mass is 35.5. The number of benzene rings is 1. The molecule has 1 aliphatic rings. The van der Waals surface area contributed by atoms with Crippen molar-refractivity contribution in [3.8, 4) is 0 Å². The van der Waals surface area contributed by atoms with E-state index >= 15 is 0 Å². The monoisotopic (exact) mass is 178 g/mol. The van der Waals surface area contributed by atoms with Crippen molar-refractivity contribution in [2.45, 2.75) is 6.42 Å². The van der Waals surface area contributed by atoms with E-state index in [9.17, 15) is 4.79 Å². The molecule has 0 unspecified atom stereocenters. The molecule has 0 N–H and O–H groups in total. The van der Waals surface area contributed by atoms with Crippen LogP contribution in [-0.2, 0) is 11.2 Å². The lowest BCUT2D eigenvalue weighted by atomic mass is 9.97. The zero-order valence-electron chi connectivity index (χ0n) is 6.38. The van der Waals surface area contributed by atoms with E-state index in [0.29, 0.717) is 11.4 Å². The van der Waals surface area contributed by atoms with Gasteiger partial charge in [0.2, 0.25) is 0 Å². The first-order valence-corrected chi connectivity index (χ1v) is 4.13. The van der Waals surface area contributed by atoms with Gasteiger partial charge in [-0.05, 0) is 29.3 Å². The van der Waals surface area contributed by atoms with Gasteiger partial charge in [-0.3, -0.25) is 4.79 Å². The summed E-state index contributed by atoms with van der Waals surface area (Å²) >= 11 is 5.79. The lowest BCUT2D eigenvalue weighted by molar-refractivity contribution is -0.114. The van der Waals surface area contributed by atoms with Crippen LogP contribution in [0.25, 0.3) is 6.08 Å². The smallest absolute Gasteiger partial charge is 0.160 e. The fraction of sp³-hybridized carbons (Fsp3) is 0.100. The van der Waals surface area contributed by atoms with Crippen LogP contribution in [0.1, 0.15) is 11.1 Å². The van der Waals surface area contributed by atoms with Crippen LogP contribution in [0.15, 0.2) is 24.3 Å². The van der Waals surface area contributed by atoms with Gasteiger partial charge in [0.1, 0.15) is 0 Å². The van der Waals surface area contributed by atoms with Gasteiger partial charge in [0.25, 0.3) is 0 Å². The van der Waals surface area contributed by atoms with Gasteiger partial charge in [-0.15, -0.1) is 0 Å². The Balaban J connectivity index is 2.54. The second kappa shape index (κ2) is 2.76. The van der Waals surface area contributed by atoms with Crippen LogP contribution in [0.3, 0.4) is 0 Å². The van der Waals surface area contributed by atoms with Crippen LogP contribution < -0.4 is 0 Å². The molecule has 2 rings (SSSR count). The van der Waals surface area contributed by atoms with Crippen LogP contribution in [0.2, 0.25) is 5.02 Å². The third-order valence-corrected chi connectivity index (χ3v) is 2.16. The largest absolute Gasteiger partial charge is 0.294 e. The summed E-state index contributed by atoms with van der Waals surface area (Å²) in [5, 5.41) is 0.716. The van der Waals surface area contributed by atoms with Gasteiger partial charge in [-0.1, -0.05) is 23.7 Å². The van der Waals surface area contributed by atoms with Crippen molar-refractivity contribution in [2.75, 3.05) is 0 Å². The average Bonchev–Trinajstić information content (AvgIpc) is 2.05. The maximum absolute atomic E-state index is 11.0. The van der Waals surface area contributed by atoms with E-state index in [-0.39, 0.29) is 5.78 Å². The number of fused-ring (bicyclic) bond motifs is 1. The molecular weight excluding hydrogens is 172 g/mol. The van der Waals surface area contributed by atoms with Gasteiger partial charge in [0, 0.05) is 11.4 Å². The molecule has 0 aromatic heterocycles. The summed E-state index contributed by atoms with van der Waals surface area (Å²) in [5.74, 6) is 0.157. The first-order chi connectivity index (χ1) is 5.75. The van der Waals surface area contributed by atoms with Crippen molar-refractivity contribution < 1.29 is 4.79 Å². The second-order valence-electron chi connectivity index (χ2n) is 2.82. The average molecular weight is 179 g/mol. The standard InChI is InChI=1S/C10H7ClO/c11-9-3-1-8-6-10(12)4-2-7(8)5-9/h1-5H,6H2. The Bertz CT molecular complexity index is 366. The van der Waals surface area contributed by atoms with Crippen LogP contribution in [0, 0.1) is 0 Å². The van der Waals surface area contributed by atoms with Crippen LogP contribution in [-0.4, -0.2) is 5.78 Å². The van der Waals surface area contributed by atoms with Gasteiger partial charge in [-0.25, -0.2) is 0 Å². The Morgan fingerprint density at radius 3 is 2.92 bits per heavy atom. The van der Waals surface area contributed by atoms with Crippen molar-refractivity contribution in [2.24, 2.45) is 0 Å². The van der Waals surface area contributed by atoms with Gasteiger partial charge in [-0.2, -0.15) is 0 Å². The molecule has 2 heteroatoms. The molecule has 60 valence electrons. The molecular formula is C10H7ClO. The maximum Gasteiger partial charge on any atom is 0.160 e. The maximum atomic E-state index is 11.0. The van der Waals surface area contributed by atoms with Crippen LogP contribution in [0.4, 0.5) is 0 Å². The summed E-state index contributed by atoms with van der Waals surface area (Å²) in [7, 11) is 0. The molecule has 1 aromatic rings. The normalized spacial score (nSPS) is 14.6. The summed E-state index contributed by atoms with van der Waals surface area (Å²) in [6.07, 6.45) is 3.91. The lowest BCUT2D eigenvalue weighted by Crippen LogP contribution is -2.04. The summed E-state index contributed by atoms with van der Waals surface area (Å²) in [6.45, 7) is 0. The van der Waals surface area contributed by atoms with Gasteiger partial charge >= 0.3 is 0 Å². The molecule has 0 bridgehead atoms. The number of rotatable bonds is 0. The molecule has 0 radical (unpaired) electrons. The zero-order valence-corrected chi connectivity index (χ0v) is 7.14.